The topological polar surface area (TPSA) is 51.2 Å². The molecule has 3 aromatic rings. The van der Waals surface area contributed by atoms with Crippen molar-refractivity contribution in [3.8, 4) is 11.1 Å². The minimum atomic E-state index is -0.304. The lowest BCUT2D eigenvalue weighted by molar-refractivity contribution is 0.129. The summed E-state index contributed by atoms with van der Waals surface area (Å²) < 4.78 is 18.6. The third-order valence-corrected chi connectivity index (χ3v) is 8.14. The Morgan fingerprint density at radius 3 is 2.94 bits per heavy atom. The van der Waals surface area contributed by atoms with Crippen LogP contribution < -0.4 is 5.32 Å². The molecule has 1 N–H and O–H groups in total. The number of ether oxygens (including phenoxy) is 1. The second-order valence-corrected chi connectivity index (χ2v) is 10.1. The maximum Gasteiger partial charge on any atom is 0.407 e. The number of aromatic nitrogens is 1. The summed E-state index contributed by atoms with van der Waals surface area (Å²) in [6.07, 6.45) is 10.1. The van der Waals surface area contributed by atoms with Crippen LogP contribution in [-0.2, 0) is 11.2 Å². The number of nitrogens with zero attached hydrogens (tertiary/aromatic N) is 1. The van der Waals surface area contributed by atoms with Crippen LogP contribution in [0.3, 0.4) is 0 Å². The molecule has 1 aromatic carbocycles. The zero-order chi connectivity index (χ0) is 23.5. The van der Waals surface area contributed by atoms with Crippen LogP contribution in [0.2, 0.25) is 0 Å². The van der Waals surface area contributed by atoms with Crippen LogP contribution >= 0.6 is 11.3 Å². The number of carbonyl (C=O) groups excluding carboxylic acids is 1. The number of pyridine rings is 1. The molecule has 6 heteroatoms. The Labute approximate surface area is 203 Å². The van der Waals surface area contributed by atoms with Crippen LogP contribution in [0.25, 0.3) is 17.2 Å². The zero-order valence-electron chi connectivity index (χ0n) is 19.2. The van der Waals surface area contributed by atoms with Crippen molar-refractivity contribution in [2.24, 2.45) is 11.8 Å². The quantitative estimate of drug-likeness (QED) is 0.439. The number of thiophene rings is 1. The van der Waals surface area contributed by atoms with Gasteiger partial charge in [0.1, 0.15) is 5.82 Å². The molecule has 4 nitrogen and oxygen atoms in total. The maximum atomic E-state index is 13.6. The lowest BCUT2D eigenvalue weighted by Gasteiger charge is -2.43. The highest BCUT2D eigenvalue weighted by atomic mass is 32.1. The molecule has 0 radical (unpaired) electrons. The van der Waals surface area contributed by atoms with E-state index < -0.39 is 0 Å². The Bertz CT molecular complexity index is 1170. The first-order valence-corrected chi connectivity index (χ1v) is 12.9. The van der Waals surface area contributed by atoms with Gasteiger partial charge in [0, 0.05) is 28.6 Å². The SMILES string of the molecule is CCOC(=O)N[C@H]1CC[C@@H]2[C@H](Cc3ccsc3[C@H]2/C=C/c2ccc(-c3cccc(F)c3)cn2)C1. The van der Waals surface area contributed by atoms with Crippen LogP contribution in [0.4, 0.5) is 9.18 Å². The molecule has 176 valence electrons. The van der Waals surface area contributed by atoms with E-state index in [-0.39, 0.29) is 18.0 Å². The van der Waals surface area contributed by atoms with E-state index in [4.69, 9.17) is 4.74 Å². The molecule has 1 saturated carbocycles. The highest BCUT2D eigenvalue weighted by Crippen LogP contribution is 2.49. The Morgan fingerprint density at radius 1 is 1.24 bits per heavy atom. The largest absolute Gasteiger partial charge is 0.450 e. The van der Waals surface area contributed by atoms with Crippen molar-refractivity contribution in [2.75, 3.05) is 6.61 Å². The number of halogens is 1. The molecule has 2 aromatic heterocycles. The summed E-state index contributed by atoms with van der Waals surface area (Å²) in [6.45, 7) is 2.23. The standard InChI is InChI=1S/C28H29FN2O2S/c1-2-33-28(32)31-24-9-10-25-21(16-24)14-19-12-13-34-27(19)26(25)11-8-23-7-6-20(17-30-23)18-4-3-5-22(29)15-18/h3-8,11-13,15,17,21,24-26H,2,9-10,14,16H2,1H3,(H,31,32)/b11-8+/t21-,24+,25-,26+/m1/s1. The normalized spacial score (nSPS) is 23.8. The molecule has 1 amide bonds. The average molecular weight is 477 g/mol. The number of hydrogen-bond acceptors (Lipinski definition) is 4. The van der Waals surface area contributed by atoms with Crippen LogP contribution in [-0.4, -0.2) is 23.7 Å². The van der Waals surface area contributed by atoms with Crippen molar-refractivity contribution < 1.29 is 13.9 Å². The molecule has 2 aliphatic rings. The summed E-state index contributed by atoms with van der Waals surface area (Å²) >= 11 is 1.85. The van der Waals surface area contributed by atoms with Crippen molar-refractivity contribution in [1.29, 1.82) is 0 Å². The Morgan fingerprint density at radius 2 is 2.15 bits per heavy atom. The van der Waals surface area contributed by atoms with Gasteiger partial charge in [0.05, 0.1) is 12.3 Å². The molecule has 0 spiro atoms. The van der Waals surface area contributed by atoms with Gasteiger partial charge in [-0.2, -0.15) is 0 Å². The number of allylic oxidation sites excluding steroid dienone is 1. The van der Waals surface area contributed by atoms with Gasteiger partial charge in [0.2, 0.25) is 0 Å². The predicted molar refractivity (Wildman–Crippen MR) is 134 cm³/mol. The fourth-order valence-electron chi connectivity index (χ4n) is 5.53. The number of fused-ring (bicyclic) bond motifs is 2. The van der Waals surface area contributed by atoms with Gasteiger partial charge in [-0.3, -0.25) is 4.98 Å². The van der Waals surface area contributed by atoms with Crippen molar-refractivity contribution in [3.63, 3.8) is 0 Å². The third kappa shape index (κ3) is 4.92. The van der Waals surface area contributed by atoms with Crippen LogP contribution in [0, 0.1) is 17.7 Å². The summed E-state index contributed by atoms with van der Waals surface area (Å²) in [5.41, 5.74) is 4.07. The van der Waals surface area contributed by atoms with E-state index in [0.717, 1.165) is 42.5 Å². The molecule has 0 unspecified atom stereocenters. The van der Waals surface area contributed by atoms with E-state index in [1.54, 1.807) is 12.3 Å². The van der Waals surface area contributed by atoms with E-state index >= 15 is 0 Å². The first-order chi connectivity index (χ1) is 16.6. The second-order valence-electron chi connectivity index (χ2n) is 9.18. The number of carbonyl (C=O) groups is 1. The summed E-state index contributed by atoms with van der Waals surface area (Å²) in [4.78, 5) is 18.0. The van der Waals surface area contributed by atoms with Crippen LogP contribution in [0.15, 0.2) is 60.1 Å². The summed E-state index contributed by atoms with van der Waals surface area (Å²) in [5.74, 6) is 1.23. The molecule has 0 bridgehead atoms. The highest BCUT2D eigenvalue weighted by molar-refractivity contribution is 7.10. The van der Waals surface area contributed by atoms with E-state index in [2.05, 4.69) is 33.9 Å². The van der Waals surface area contributed by atoms with E-state index in [0.29, 0.717) is 24.4 Å². The first kappa shape index (κ1) is 22.8. The molecule has 4 atom stereocenters. The van der Waals surface area contributed by atoms with Gasteiger partial charge >= 0.3 is 6.09 Å². The smallest absolute Gasteiger partial charge is 0.407 e. The van der Waals surface area contributed by atoms with Gasteiger partial charge < -0.3 is 10.1 Å². The minimum Gasteiger partial charge on any atom is -0.450 e. The maximum absolute atomic E-state index is 13.6. The fourth-order valence-corrected chi connectivity index (χ4v) is 6.62. The number of amides is 1. The van der Waals surface area contributed by atoms with Crippen molar-refractivity contribution in [1.82, 2.24) is 10.3 Å². The van der Waals surface area contributed by atoms with Crippen molar-refractivity contribution in [3.05, 3.63) is 82.1 Å². The molecule has 5 rings (SSSR count). The molecule has 1 fully saturated rings. The molecular formula is C28H29FN2O2S. The van der Waals surface area contributed by atoms with Gasteiger partial charge in [0.15, 0.2) is 0 Å². The minimum absolute atomic E-state index is 0.183. The molecule has 34 heavy (non-hydrogen) atoms. The molecular weight excluding hydrogens is 447 g/mol. The van der Waals surface area contributed by atoms with Crippen LogP contribution in [0.1, 0.15) is 48.2 Å². The van der Waals surface area contributed by atoms with E-state index in [1.807, 2.05) is 36.5 Å². The van der Waals surface area contributed by atoms with Crippen molar-refractivity contribution >= 4 is 23.5 Å². The zero-order valence-corrected chi connectivity index (χ0v) is 20.1. The van der Waals surface area contributed by atoms with Crippen molar-refractivity contribution in [2.45, 2.75) is 44.6 Å². The predicted octanol–water partition coefficient (Wildman–Crippen LogP) is 6.83. The average Bonchev–Trinajstić information content (AvgIpc) is 3.30. The van der Waals surface area contributed by atoms with E-state index in [9.17, 15) is 9.18 Å². The van der Waals surface area contributed by atoms with Crippen LogP contribution in [0.5, 0.6) is 0 Å². The van der Waals surface area contributed by atoms with Gasteiger partial charge in [-0.15, -0.1) is 11.3 Å². The fraction of sp³-hybridized carbons (Fsp3) is 0.357. The Kier molecular flexibility index (Phi) is 6.77. The van der Waals surface area contributed by atoms with Gasteiger partial charge in [0.25, 0.3) is 0 Å². The molecule has 2 heterocycles. The van der Waals surface area contributed by atoms with Gasteiger partial charge in [-0.25, -0.2) is 9.18 Å². The summed E-state index contributed by atoms with van der Waals surface area (Å²) in [6, 6.07) is 13.0. The second kappa shape index (κ2) is 10.1. The highest BCUT2D eigenvalue weighted by Gasteiger charge is 2.40. The third-order valence-electron chi connectivity index (χ3n) is 7.08. The number of rotatable bonds is 5. The lowest BCUT2D eigenvalue weighted by Crippen LogP contribution is -2.43. The number of nitrogens with one attached hydrogen (secondary N) is 1. The number of alkyl carbamates (subject to hydrolysis) is 1. The Balaban J connectivity index is 1.32. The number of benzene rings is 1. The molecule has 2 aliphatic carbocycles. The first-order valence-electron chi connectivity index (χ1n) is 12.0. The monoisotopic (exact) mass is 476 g/mol. The van der Waals surface area contributed by atoms with E-state index in [1.165, 1.54) is 22.6 Å². The summed E-state index contributed by atoms with van der Waals surface area (Å²) in [7, 11) is 0. The lowest BCUT2D eigenvalue weighted by atomic mass is 9.64. The van der Waals surface area contributed by atoms with Gasteiger partial charge in [-0.1, -0.05) is 24.3 Å². The molecule has 0 aliphatic heterocycles. The summed E-state index contributed by atoms with van der Waals surface area (Å²) in [5, 5.41) is 5.25. The Hall–Kier alpha value is -2.99. The molecule has 0 saturated heterocycles. The number of hydrogen-bond donors (Lipinski definition) is 1. The van der Waals surface area contributed by atoms with Gasteiger partial charge in [-0.05, 0) is 91.3 Å².